The SMILES string of the molecule is COC(=O)c1ccc(C[C@@]2(C)OC[C@@H](c3ccc(Cl)cc3)N(C(CO)C3CC3)C2=O)nc1. The van der Waals surface area contributed by atoms with E-state index >= 15 is 0 Å². The summed E-state index contributed by atoms with van der Waals surface area (Å²) < 4.78 is 10.9. The number of carbonyl (C=O) groups is 2. The molecule has 1 aliphatic heterocycles. The van der Waals surface area contributed by atoms with Gasteiger partial charge in [0.15, 0.2) is 0 Å². The smallest absolute Gasteiger partial charge is 0.339 e. The fourth-order valence-electron chi connectivity index (χ4n) is 4.33. The van der Waals surface area contributed by atoms with Gasteiger partial charge < -0.3 is 19.5 Å². The highest BCUT2D eigenvalue weighted by Crippen LogP contribution is 2.42. The van der Waals surface area contributed by atoms with Gasteiger partial charge in [-0.05, 0) is 55.5 Å². The molecule has 1 aliphatic carbocycles. The van der Waals surface area contributed by atoms with Crippen molar-refractivity contribution in [2.45, 2.75) is 43.9 Å². The third kappa shape index (κ3) is 4.51. The molecular formula is C24H27ClN2O5. The Kier molecular flexibility index (Phi) is 6.51. The Bertz CT molecular complexity index is 977. The highest BCUT2D eigenvalue weighted by atomic mass is 35.5. The number of morpholine rings is 1. The summed E-state index contributed by atoms with van der Waals surface area (Å²) in [6.45, 7) is 1.97. The number of aliphatic hydroxyl groups excluding tert-OH is 1. The van der Waals surface area contributed by atoms with E-state index in [1.165, 1.54) is 13.3 Å². The molecule has 3 atom stereocenters. The second-order valence-corrected chi connectivity index (χ2v) is 9.05. The Morgan fingerprint density at radius 1 is 1.31 bits per heavy atom. The van der Waals surface area contributed by atoms with Crippen molar-refractivity contribution >= 4 is 23.5 Å². The first kappa shape index (κ1) is 22.7. The zero-order chi connectivity index (χ0) is 22.9. The van der Waals surface area contributed by atoms with Gasteiger partial charge in [-0.1, -0.05) is 23.7 Å². The van der Waals surface area contributed by atoms with Crippen LogP contribution in [0, 0.1) is 5.92 Å². The predicted molar refractivity (Wildman–Crippen MR) is 118 cm³/mol. The molecule has 0 spiro atoms. The van der Waals surface area contributed by atoms with Crippen LogP contribution < -0.4 is 0 Å². The van der Waals surface area contributed by atoms with E-state index in [4.69, 9.17) is 21.1 Å². The van der Waals surface area contributed by atoms with Crippen LogP contribution in [-0.2, 0) is 20.7 Å². The van der Waals surface area contributed by atoms with Crippen LogP contribution in [0.5, 0.6) is 0 Å². The van der Waals surface area contributed by atoms with E-state index in [0.29, 0.717) is 28.8 Å². The summed E-state index contributed by atoms with van der Waals surface area (Å²) in [5, 5.41) is 10.8. The van der Waals surface area contributed by atoms with E-state index in [1.807, 2.05) is 17.0 Å². The van der Waals surface area contributed by atoms with Crippen molar-refractivity contribution in [2.75, 3.05) is 20.3 Å². The Balaban J connectivity index is 1.61. The third-order valence-corrected chi connectivity index (χ3v) is 6.56. The summed E-state index contributed by atoms with van der Waals surface area (Å²) in [4.78, 5) is 31.6. The molecule has 1 aromatic heterocycles. The first-order chi connectivity index (χ1) is 15.4. The first-order valence-corrected chi connectivity index (χ1v) is 11.1. The Hall–Kier alpha value is -2.48. The summed E-state index contributed by atoms with van der Waals surface area (Å²) in [5.74, 6) is -0.348. The number of pyridine rings is 1. The number of aliphatic hydroxyl groups is 1. The molecule has 1 amide bonds. The minimum atomic E-state index is -1.13. The summed E-state index contributed by atoms with van der Waals surface area (Å²) in [5.41, 5.74) is 0.760. The molecule has 1 unspecified atom stereocenters. The van der Waals surface area contributed by atoms with Crippen LogP contribution >= 0.6 is 11.6 Å². The zero-order valence-corrected chi connectivity index (χ0v) is 18.9. The van der Waals surface area contributed by atoms with Crippen LogP contribution in [0.3, 0.4) is 0 Å². The molecule has 170 valence electrons. The number of halogens is 1. The maximum absolute atomic E-state index is 13.8. The van der Waals surface area contributed by atoms with Crippen molar-refractivity contribution < 1.29 is 24.2 Å². The van der Waals surface area contributed by atoms with Gasteiger partial charge in [0.1, 0.15) is 5.60 Å². The fourth-order valence-corrected chi connectivity index (χ4v) is 4.45. The molecule has 2 aliphatic rings. The number of aromatic nitrogens is 1. The van der Waals surface area contributed by atoms with E-state index in [2.05, 4.69) is 4.98 Å². The van der Waals surface area contributed by atoms with Gasteiger partial charge >= 0.3 is 5.97 Å². The number of ether oxygens (including phenoxy) is 2. The highest BCUT2D eigenvalue weighted by Gasteiger charge is 2.50. The van der Waals surface area contributed by atoms with Gasteiger partial charge in [0.05, 0.1) is 38.0 Å². The van der Waals surface area contributed by atoms with E-state index in [1.54, 1.807) is 31.2 Å². The Morgan fingerprint density at radius 3 is 2.59 bits per heavy atom. The average molecular weight is 459 g/mol. The molecule has 4 rings (SSSR count). The molecule has 2 aromatic rings. The number of hydrogen-bond donors (Lipinski definition) is 1. The van der Waals surface area contributed by atoms with Crippen LogP contribution in [0.4, 0.5) is 0 Å². The van der Waals surface area contributed by atoms with E-state index < -0.39 is 11.6 Å². The lowest BCUT2D eigenvalue weighted by atomic mass is 9.90. The number of methoxy groups -OCH3 is 1. The number of carbonyl (C=O) groups excluding carboxylic acids is 2. The third-order valence-electron chi connectivity index (χ3n) is 6.31. The monoisotopic (exact) mass is 458 g/mol. The van der Waals surface area contributed by atoms with Gasteiger partial charge in [0.2, 0.25) is 0 Å². The lowest BCUT2D eigenvalue weighted by Crippen LogP contribution is -2.61. The average Bonchev–Trinajstić information content (AvgIpc) is 3.63. The van der Waals surface area contributed by atoms with E-state index in [-0.39, 0.29) is 31.0 Å². The van der Waals surface area contributed by atoms with Crippen LogP contribution in [-0.4, -0.2) is 58.8 Å². The van der Waals surface area contributed by atoms with Gasteiger partial charge in [-0.3, -0.25) is 9.78 Å². The molecule has 32 heavy (non-hydrogen) atoms. The van der Waals surface area contributed by atoms with Gasteiger partial charge in [-0.2, -0.15) is 0 Å². The van der Waals surface area contributed by atoms with Gasteiger partial charge in [-0.25, -0.2) is 4.79 Å². The van der Waals surface area contributed by atoms with Crippen LogP contribution in [0.2, 0.25) is 5.02 Å². The van der Waals surface area contributed by atoms with Crippen molar-refractivity contribution in [3.63, 3.8) is 0 Å². The molecule has 8 heteroatoms. The molecule has 2 fully saturated rings. The molecule has 0 bridgehead atoms. The molecule has 1 aromatic carbocycles. The Morgan fingerprint density at radius 2 is 2.03 bits per heavy atom. The molecule has 1 saturated heterocycles. The lowest BCUT2D eigenvalue weighted by Gasteiger charge is -2.47. The maximum atomic E-state index is 13.8. The summed E-state index contributed by atoms with van der Waals surface area (Å²) >= 11 is 6.05. The molecule has 1 N–H and O–H groups in total. The van der Waals surface area contributed by atoms with Crippen molar-refractivity contribution in [3.8, 4) is 0 Å². The van der Waals surface area contributed by atoms with Crippen LogP contribution in [0.25, 0.3) is 0 Å². The molecular weight excluding hydrogens is 432 g/mol. The zero-order valence-electron chi connectivity index (χ0n) is 18.2. The van der Waals surface area contributed by atoms with E-state index in [0.717, 1.165) is 18.4 Å². The Labute approximate surface area is 192 Å². The summed E-state index contributed by atoms with van der Waals surface area (Å²) in [6.07, 6.45) is 3.68. The summed E-state index contributed by atoms with van der Waals surface area (Å²) in [7, 11) is 1.31. The van der Waals surface area contributed by atoms with Crippen LogP contribution in [0.15, 0.2) is 42.6 Å². The number of amides is 1. The molecule has 7 nitrogen and oxygen atoms in total. The second kappa shape index (κ2) is 9.17. The van der Waals surface area contributed by atoms with Gasteiger partial charge in [0, 0.05) is 23.3 Å². The van der Waals surface area contributed by atoms with Crippen molar-refractivity contribution in [1.82, 2.24) is 9.88 Å². The number of rotatable bonds is 7. The van der Waals surface area contributed by atoms with Gasteiger partial charge in [0.25, 0.3) is 5.91 Å². The first-order valence-electron chi connectivity index (χ1n) is 10.7. The van der Waals surface area contributed by atoms with Crippen LogP contribution in [0.1, 0.15) is 47.4 Å². The van der Waals surface area contributed by atoms with E-state index in [9.17, 15) is 14.7 Å². The number of benzene rings is 1. The van der Waals surface area contributed by atoms with Crippen molar-refractivity contribution in [2.24, 2.45) is 5.92 Å². The number of nitrogens with zero attached hydrogens (tertiary/aromatic N) is 2. The molecule has 0 radical (unpaired) electrons. The summed E-state index contributed by atoms with van der Waals surface area (Å²) in [6, 6.07) is 10.1. The quantitative estimate of drug-likeness (QED) is 0.641. The minimum absolute atomic E-state index is 0.0946. The fraction of sp³-hybridized carbons (Fsp3) is 0.458. The van der Waals surface area contributed by atoms with Gasteiger partial charge in [-0.15, -0.1) is 0 Å². The highest BCUT2D eigenvalue weighted by molar-refractivity contribution is 6.30. The maximum Gasteiger partial charge on any atom is 0.339 e. The topological polar surface area (TPSA) is 89.0 Å². The number of hydrogen-bond acceptors (Lipinski definition) is 6. The standard InChI is InChI=1S/C24H27ClN2O5/c1-24(11-19-10-7-17(12-26-19)22(29)31-2)23(30)27(20(13-28)15-3-4-15)21(14-32-24)16-5-8-18(25)9-6-16/h5-10,12,15,20-21,28H,3-4,11,13-14H2,1-2H3/t20?,21-,24+/m0/s1. The minimum Gasteiger partial charge on any atom is -0.465 e. The normalized spacial score (nSPS) is 24.3. The van der Waals surface area contributed by atoms with Crippen molar-refractivity contribution in [1.29, 1.82) is 0 Å². The molecule has 2 heterocycles. The second-order valence-electron chi connectivity index (χ2n) is 8.62. The number of esters is 1. The predicted octanol–water partition coefficient (Wildman–Crippen LogP) is 3.19. The molecule has 1 saturated carbocycles. The lowest BCUT2D eigenvalue weighted by molar-refractivity contribution is -0.184. The largest absolute Gasteiger partial charge is 0.465 e. The van der Waals surface area contributed by atoms with Crippen molar-refractivity contribution in [3.05, 3.63) is 64.4 Å².